The zero-order chi connectivity index (χ0) is 9.47. The molecule has 0 spiro atoms. The zero-order valence-electron chi connectivity index (χ0n) is 7.11. The number of nitrogens with one attached hydrogen (secondary N) is 1. The first-order valence-electron chi connectivity index (χ1n) is 3.85. The Balaban J connectivity index is 2.91. The standard InChI is InChI=1S/C9H9NO2S/c1-13(11,12)9-4-2-3-8-7(9)5-6-10-8/h2-6,10H,1H3. The Kier molecular flexibility index (Phi) is 1.66. The zero-order valence-corrected chi connectivity index (χ0v) is 7.93. The summed E-state index contributed by atoms with van der Waals surface area (Å²) in [5.41, 5.74) is 0.850. The highest BCUT2D eigenvalue weighted by atomic mass is 32.2. The average molecular weight is 195 g/mol. The molecule has 0 unspecified atom stereocenters. The van der Waals surface area contributed by atoms with Gasteiger partial charge in [0, 0.05) is 23.4 Å². The van der Waals surface area contributed by atoms with Crippen molar-refractivity contribution in [3.05, 3.63) is 30.5 Å². The first kappa shape index (κ1) is 8.31. The summed E-state index contributed by atoms with van der Waals surface area (Å²) < 4.78 is 22.7. The highest BCUT2D eigenvalue weighted by Crippen LogP contribution is 2.21. The van der Waals surface area contributed by atoms with Crippen molar-refractivity contribution in [3.63, 3.8) is 0 Å². The van der Waals surface area contributed by atoms with E-state index in [1.807, 2.05) is 6.07 Å². The number of rotatable bonds is 1. The van der Waals surface area contributed by atoms with Gasteiger partial charge in [-0.15, -0.1) is 0 Å². The van der Waals surface area contributed by atoms with Crippen molar-refractivity contribution in [3.8, 4) is 0 Å². The maximum absolute atomic E-state index is 11.3. The number of fused-ring (bicyclic) bond motifs is 1. The van der Waals surface area contributed by atoms with Crippen molar-refractivity contribution in [2.45, 2.75) is 4.90 Å². The summed E-state index contributed by atoms with van der Waals surface area (Å²) in [6.07, 6.45) is 2.95. The molecule has 0 amide bonds. The van der Waals surface area contributed by atoms with Crippen LogP contribution >= 0.6 is 0 Å². The fraction of sp³-hybridized carbons (Fsp3) is 0.111. The van der Waals surface area contributed by atoms with Crippen molar-refractivity contribution in [2.75, 3.05) is 6.26 Å². The van der Waals surface area contributed by atoms with Gasteiger partial charge in [-0.05, 0) is 18.2 Å². The summed E-state index contributed by atoms with van der Waals surface area (Å²) in [5, 5.41) is 0.755. The van der Waals surface area contributed by atoms with Gasteiger partial charge < -0.3 is 4.98 Å². The second-order valence-corrected chi connectivity index (χ2v) is 4.95. The molecular formula is C9H9NO2S. The minimum atomic E-state index is -3.12. The van der Waals surface area contributed by atoms with Crippen LogP contribution in [0.25, 0.3) is 10.9 Å². The molecule has 13 heavy (non-hydrogen) atoms. The highest BCUT2D eigenvalue weighted by molar-refractivity contribution is 7.91. The van der Waals surface area contributed by atoms with Gasteiger partial charge in [-0.2, -0.15) is 0 Å². The van der Waals surface area contributed by atoms with E-state index in [9.17, 15) is 8.42 Å². The Morgan fingerprint density at radius 3 is 2.69 bits per heavy atom. The van der Waals surface area contributed by atoms with Crippen LogP contribution in [0.1, 0.15) is 0 Å². The first-order valence-corrected chi connectivity index (χ1v) is 5.74. The molecule has 0 fully saturated rings. The molecule has 4 heteroatoms. The number of hydrogen-bond donors (Lipinski definition) is 1. The van der Waals surface area contributed by atoms with Crippen molar-refractivity contribution in [2.24, 2.45) is 0 Å². The lowest BCUT2D eigenvalue weighted by molar-refractivity contribution is 0.602. The van der Waals surface area contributed by atoms with E-state index < -0.39 is 9.84 Å². The molecule has 0 aliphatic heterocycles. The maximum atomic E-state index is 11.3. The van der Waals surface area contributed by atoms with Crippen molar-refractivity contribution in [1.82, 2.24) is 4.98 Å². The molecule has 1 heterocycles. The summed E-state index contributed by atoms with van der Waals surface area (Å²) in [6.45, 7) is 0. The van der Waals surface area contributed by atoms with Gasteiger partial charge in [0.2, 0.25) is 0 Å². The second-order valence-electron chi connectivity index (χ2n) is 2.97. The Hall–Kier alpha value is -1.29. The maximum Gasteiger partial charge on any atom is 0.176 e. The van der Waals surface area contributed by atoms with Gasteiger partial charge in [-0.3, -0.25) is 0 Å². The number of H-pyrrole nitrogens is 1. The predicted molar refractivity (Wildman–Crippen MR) is 51.4 cm³/mol. The number of hydrogen-bond acceptors (Lipinski definition) is 2. The summed E-state index contributed by atoms with van der Waals surface area (Å²) in [5.74, 6) is 0. The first-order chi connectivity index (χ1) is 6.09. The SMILES string of the molecule is CS(=O)(=O)c1cccc2[nH]ccc12. The lowest BCUT2D eigenvalue weighted by atomic mass is 10.2. The highest BCUT2D eigenvalue weighted by Gasteiger charge is 2.10. The van der Waals surface area contributed by atoms with Crippen LogP contribution in [0.5, 0.6) is 0 Å². The molecule has 0 saturated heterocycles. The van der Waals surface area contributed by atoms with Crippen LogP contribution in [0.2, 0.25) is 0 Å². The third-order valence-electron chi connectivity index (χ3n) is 1.95. The van der Waals surface area contributed by atoms with E-state index in [2.05, 4.69) is 4.98 Å². The largest absolute Gasteiger partial charge is 0.361 e. The average Bonchev–Trinajstić information content (AvgIpc) is 2.48. The predicted octanol–water partition coefficient (Wildman–Crippen LogP) is 1.57. The van der Waals surface area contributed by atoms with Gasteiger partial charge in [-0.25, -0.2) is 8.42 Å². The van der Waals surface area contributed by atoms with E-state index in [0.29, 0.717) is 4.90 Å². The Bertz CT molecular complexity index is 539. The van der Waals surface area contributed by atoms with Gasteiger partial charge in [0.1, 0.15) is 0 Å². The van der Waals surface area contributed by atoms with Crippen molar-refractivity contribution < 1.29 is 8.42 Å². The fourth-order valence-electron chi connectivity index (χ4n) is 1.38. The molecule has 3 nitrogen and oxygen atoms in total. The smallest absolute Gasteiger partial charge is 0.176 e. The molecule has 0 bridgehead atoms. The number of sulfone groups is 1. The summed E-state index contributed by atoms with van der Waals surface area (Å²) in [6, 6.07) is 6.97. The Labute approximate surface area is 76.3 Å². The van der Waals surface area contributed by atoms with Crippen LogP contribution in [0, 0.1) is 0 Å². The minimum absolute atomic E-state index is 0.381. The van der Waals surface area contributed by atoms with E-state index >= 15 is 0 Å². The molecule has 0 aliphatic carbocycles. The Morgan fingerprint density at radius 1 is 1.23 bits per heavy atom. The van der Waals surface area contributed by atoms with Crippen LogP contribution in [0.15, 0.2) is 35.4 Å². The van der Waals surface area contributed by atoms with Crippen LogP contribution in [0.4, 0.5) is 0 Å². The van der Waals surface area contributed by atoms with Crippen molar-refractivity contribution in [1.29, 1.82) is 0 Å². The minimum Gasteiger partial charge on any atom is -0.361 e. The van der Waals surface area contributed by atoms with E-state index in [0.717, 1.165) is 10.9 Å². The monoisotopic (exact) mass is 195 g/mol. The van der Waals surface area contributed by atoms with E-state index in [1.165, 1.54) is 6.26 Å². The van der Waals surface area contributed by atoms with Gasteiger partial charge >= 0.3 is 0 Å². The molecule has 1 aromatic carbocycles. The van der Waals surface area contributed by atoms with Crippen LogP contribution in [-0.2, 0) is 9.84 Å². The van der Waals surface area contributed by atoms with Crippen LogP contribution < -0.4 is 0 Å². The van der Waals surface area contributed by atoms with E-state index in [4.69, 9.17) is 0 Å². The third-order valence-corrected chi connectivity index (χ3v) is 3.11. The van der Waals surface area contributed by atoms with Crippen LogP contribution in [-0.4, -0.2) is 19.7 Å². The normalized spacial score (nSPS) is 12.1. The quantitative estimate of drug-likeness (QED) is 0.750. The number of aromatic amines is 1. The van der Waals surface area contributed by atoms with Gasteiger partial charge in [0.15, 0.2) is 9.84 Å². The van der Waals surface area contributed by atoms with Gasteiger partial charge in [0.05, 0.1) is 4.90 Å². The second kappa shape index (κ2) is 2.60. The molecule has 0 aliphatic rings. The molecular weight excluding hydrogens is 186 g/mol. The van der Waals surface area contributed by atoms with Gasteiger partial charge in [-0.1, -0.05) is 6.07 Å². The Morgan fingerprint density at radius 2 is 2.00 bits per heavy atom. The third kappa shape index (κ3) is 1.33. The molecule has 0 atom stereocenters. The summed E-state index contributed by atoms with van der Waals surface area (Å²) in [4.78, 5) is 3.35. The fourth-order valence-corrected chi connectivity index (χ4v) is 2.28. The molecule has 2 rings (SSSR count). The van der Waals surface area contributed by atoms with Crippen LogP contribution in [0.3, 0.4) is 0 Å². The molecule has 1 aromatic heterocycles. The number of benzene rings is 1. The van der Waals surface area contributed by atoms with Gasteiger partial charge in [0.25, 0.3) is 0 Å². The molecule has 0 radical (unpaired) electrons. The molecule has 1 N–H and O–H groups in total. The lowest BCUT2D eigenvalue weighted by Crippen LogP contribution is -1.96. The summed E-state index contributed by atoms with van der Waals surface area (Å²) >= 11 is 0. The topological polar surface area (TPSA) is 49.9 Å². The lowest BCUT2D eigenvalue weighted by Gasteiger charge is -1.98. The number of aromatic nitrogens is 1. The van der Waals surface area contributed by atoms with E-state index in [1.54, 1.807) is 24.4 Å². The van der Waals surface area contributed by atoms with E-state index in [-0.39, 0.29) is 0 Å². The summed E-state index contributed by atoms with van der Waals surface area (Å²) in [7, 11) is -3.12. The molecule has 2 aromatic rings. The molecule has 0 saturated carbocycles. The molecule has 68 valence electrons. The van der Waals surface area contributed by atoms with Crippen molar-refractivity contribution >= 4 is 20.7 Å².